The summed E-state index contributed by atoms with van der Waals surface area (Å²) in [6, 6.07) is 7.81. The first kappa shape index (κ1) is 19.2. The van der Waals surface area contributed by atoms with Crippen molar-refractivity contribution in [3.63, 3.8) is 0 Å². The lowest BCUT2D eigenvalue weighted by molar-refractivity contribution is -0.143. The summed E-state index contributed by atoms with van der Waals surface area (Å²) < 4.78 is 0. The first-order chi connectivity index (χ1) is 12.4. The van der Waals surface area contributed by atoms with Gasteiger partial charge in [0, 0.05) is 31.8 Å². The van der Waals surface area contributed by atoms with Gasteiger partial charge in [-0.2, -0.15) is 0 Å². The fraction of sp³-hybridized carbons (Fsp3) is 0.600. The minimum absolute atomic E-state index is 0.0318. The second-order valence-electron chi connectivity index (χ2n) is 7.40. The number of amides is 2. The fourth-order valence-corrected chi connectivity index (χ4v) is 5.40. The zero-order chi connectivity index (χ0) is 18.7. The van der Waals surface area contributed by atoms with Gasteiger partial charge in [0.2, 0.25) is 11.8 Å². The fourth-order valence-electron chi connectivity index (χ4n) is 3.79. The lowest BCUT2D eigenvalue weighted by Gasteiger charge is -2.44. The van der Waals surface area contributed by atoms with Gasteiger partial charge < -0.3 is 15.1 Å². The van der Waals surface area contributed by atoms with Crippen LogP contribution in [-0.2, 0) is 16.1 Å². The van der Waals surface area contributed by atoms with Gasteiger partial charge in [0.25, 0.3) is 0 Å². The molecule has 2 aliphatic rings. The topological polar surface area (TPSA) is 52.7 Å². The molecule has 1 aromatic carbocycles. The van der Waals surface area contributed by atoms with Gasteiger partial charge in [-0.05, 0) is 32.4 Å². The Morgan fingerprint density at radius 2 is 1.88 bits per heavy atom. The molecule has 142 valence electrons. The molecule has 0 saturated carbocycles. The van der Waals surface area contributed by atoms with Crippen molar-refractivity contribution in [3.05, 3.63) is 35.4 Å². The number of thioether (sulfide) groups is 1. The standard InChI is InChI=1S/C20H29N3O2S/c1-4-18(24)23-17(14-26-20(23)9-11-22(3)12-10-20)19(25)21-13-16-7-5-15(2)6-8-16/h5-8,17H,4,9-14H2,1-3H3,(H,21,25)/t17-/m1/s1. The highest BCUT2D eigenvalue weighted by Gasteiger charge is 2.52. The first-order valence-electron chi connectivity index (χ1n) is 9.43. The van der Waals surface area contributed by atoms with Gasteiger partial charge >= 0.3 is 0 Å². The molecule has 6 heteroatoms. The normalized spacial score (nSPS) is 22.6. The number of benzene rings is 1. The highest BCUT2D eigenvalue weighted by atomic mass is 32.2. The Morgan fingerprint density at radius 1 is 1.23 bits per heavy atom. The van der Waals surface area contributed by atoms with E-state index in [9.17, 15) is 9.59 Å². The van der Waals surface area contributed by atoms with E-state index in [1.165, 1.54) is 5.56 Å². The number of nitrogens with one attached hydrogen (secondary N) is 1. The number of aryl methyl sites for hydroxylation is 1. The van der Waals surface area contributed by atoms with Gasteiger partial charge in [-0.3, -0.25) is 9.59 Å². The summed E-state index contributed by atoms with van der Waals surface area (Å²) in [5.41, 5.74) is 2.29. The molecule has 2 saturated heterocycles. The summed E-state index contributed by atoms with van der Waals surface area (Å²) in [5.74, 6) is 0.751. The first-order valence-corrected chi connectivity index (χ1v) is 10.4. The van der Waals surface area contributed by atoms with Crippen LogP contribution >= 0.6 is 11.8 Å². The van der Waals surface area contributed by atoms with Gasteiger partial charge in [-0.1, -0.05) is 36.8 Å². The molecule has 2 amide bonds. The predicted molar refractivity (Wildman–Crippen MR) is 106 cm³/mol. The van der Waals surface area contributed by atoms with Crippen LogP contribution in [0, 0.1) is 6.92 Å². The Bertz CT molecular complexity index is 654. The number of carbonyl (C=O) groups excluding carboxylic acids is 2. The highest BCUT2D eigenvalue weighted by molar-refractivity contribution is 8.01. The third-order valence-corrected chi connectivity index (χ3v) is 7.11. The molecule has 2 aliphatic heterocycles. The third kappa shape index (κ3) is 3.91. The minimum Gasteiger partial charge on any atom is -0.350 e. The van der Waals surface area contributed by atoms with E-state index < -0.39 is 0 Å². The summed E-state index contributed by atoms with van der Waals surface area (Å²) >= 11 is 1.80. The molecule has 1 N–H and O–H groups in total. The van der Waals surface area contributed by atoms with Crippen LogP contribution in [0.2, 0.25) is 0 Å². The van der Waals surface area contributed by atoms with E-state index in [-0.39, 0.29) is 22.7 Å². The highest BCUT2D eigenvalue weighted by Crippen LogP contribution is 2.46. The van der Waals surface area contributed by atoms with E-state index in [1.807, 2.05) is 43.0 Å². The van der Waals surface area contributed by atoms with E-state index in [0.717, 1.165) is 31.5 Å². The average molecular weight is 376 g/mol. The molecule has 0 aliphatic carbocycles. The predicted octanol–water partition coefficient (Wildman–Crippen LogP) is 2.39. The number of piperidine rings is 1. The van der Waals surface area contributed by atoms with Crippen molar-refractivity contribution in [1.29, 1.82) is 0 Å². The van der Waals surface area contributed by atoms with E-state index >= 15 is 0 Å². The SMILES string of the molecule is CCC(=O)N1[C@@H](C(=O)NCc2ccc(C)cc2)CSC12CCN(C)CC2. The van der Waals surface area contributed by atoms with Crippen LogP contribution in [-0.4, -0.2) is 58.4 Å². The summed E-state index contributed by atoms with van der Waals surface area (Å²) in [6.07, 6.45) is 2.31. The number of carbonyl (C=O) groups is 2. The maximum atomic E-state index is 12.9. The second-order valence-corrected chi connectivity index (χ2v) is 8.78. The summed E-state index contributed by atoms with van der Waals surface area (Å²) in [5, 5.41) is 3.04. The summed E-state index contributed by atoms with van der Waals surface area (Å²) in [6.45, 7) is 6.38. The number of hydrogen-bond donors (Lipinski definition) is 1. The van der Waals surface area contributed by atoms with Gasteiger partial charge in [0.05, 0.1) is 4.87 Å². The summed E-state index contributed by atoms with van der Waals surface area (Å²) in [7, 11) is 2.12. The minimum atomic E-state index is -0.360. The van der Waals surface area contributed by atoms with Crippen LogP contribution in [0.5, 0.6) is 0 Å². The van der Waals surface area contributed by atoms with Crippen molar-refractivity contribution in [1.82, 2.24) is 15.1 Å². The van der Waals surface area contributed by atoms with Crippen molar-refractivity contribution < 1.29 is 9.59 Å². The lowest BCUT2D eigenvalue weighted by atomic mass is 10.00. The Labute approximate surface area is 160 Å². The molecular formula is C20H29N3O2S. The third-order valence-electron chi connectivity index (χ3n) is 5.49. The Morgan fingerprint density at radius 3 is 2.50 bits per heavy atom. The van der Waals surface area contributed by atoms with Crippen LogP contribution in [0.3, 0.4) is 0 Å². The van der Waals surface area contributed by atoms with Crippen LogP contribution in [0.15, 0.2) is 24.3 Å². The van der Waals surface area contributed by atoms with Crippen LogP contribution in [0.1, 0.15) is 37.3 Å². The molecule has 0 radical (unpaired) electrons. The van der Waals surface area contributed by atoms with Gasteiger partial charge in [0.1, 0.15) is 6.04 Å². The van der Waals surface area contributed by atoms with Crippen LogP contribution in [0.25, 0.3) is 0 Å². The van der Waals surface area contributed by atoms with Gasteiger partial charge in [-0.15, -0.1) is 11.8 Å². The smallest absolute Gasteiger partial charge is 0.243 e. The van der Waals surface area contributed by atoms with Crippen molar-refractivity contribution in [3.8, 4) is 0 Å². The Balaban J connectivity index is 1.70. The van der Waals surface area contributed by atoms with E-state index in [2.05, 4.69) is 17.3 Å². The van der Waals surface area contributed by atoms with Crippen molar-refractivity contribution in [2.75, 3.05) is 25.9 Å². The average Bonchev–Trinajstić information content (AvgIpc) is 3.02. The zero-order valence-corrected chi connectivity index (χ0v) is 16.8. The van der Waals surface area contributed by atoms with Gasteiger partial charge in [0.15, 0.2) is 0 Å². The largest absolute Gasteiger partial charge is 0.350 e. The molecule has 26 heavy (non-hydrogen) atoms. The number of nitrogens with zero attached hydrogens (tertiary/aromatic N) is 2. The molecule has 0 aromatic heterocycles. The second kappa shape index (κ2) is 8.01. The number of likely N-dealkylation sites (tertiary alicyclic amines) is 1. The molecule has 2 heterocycles. The zero-order valence-electron chi connectivity index (χ0n) is 16.0. The Kier molecular flexibility index (Phi) is 5.92. The van der Waals surface area contributed by atoms with Crippen LogP contribution < -0.4 is 5.32 Å². The van der Waals surface area contributed by atoms with Crippen molar-refractivity contribution >= 4 is 23.6 Å². The van der Waals surface area contributed by atoms with Crippen molar-refractivity contribution in [2.45, 2.75) is 50.6 Å². The van der Waals surface area contributed by atoms with Crippen LogP contribution in [0.4, 0.5) is 0 Å². The molecular weight excluding hydrogens is 346 g/mol. The van der Waals surface area contributed by atoms with E-state index in [0.29, 0.717) is 18.7 Å². The Hall–Kier alpha value is -1.53. The quantitative estimate of drug-likeness (QED) is 0.878. The lowest BCUT2D eigenvalue weighted by Crippen LogP contribution is -2.57. The molecule has 5 nitrogen and oxygen atoms in total. The van der Waals surface area contributed by atoms with E-state index in [4.69, 9.17) is 0 Å². The maximum absolute atomic E-state index is 12.9. The molecule has 1 aromatic rings. The van der Waals surface area contributed by atoms with Gasteiger partial charge in [-0.25, -0.2) is 0 Å². The molecule has 1 spiro atoms. The molecule has 0 unspecified atom stereocenters. The number of hydrogen-bond acceptors (Lipinski definition) is 4. The van der Waals surface area contributed by atoms with E-state index in [1.54, 1.807) is 11.8 Å². The van der Waals surface area contributed by atoms with Crippen molar-refractivity contribution in [2.24, 2.45) is 0 Å². The number of rotatable bonds is 4. The molecule has 3 rings (SSSR count). The molecule has 1 atom stereocenters. The monoisotopic (exact) mass is 375 g/mol. The molecule has 0 bridgehead atoms. The summed E-state index contributed by atoms with van der Waals surface area (Å²) in [4.78, 5) is 29.6. The molecule has 2 fully saturated rings. The maximum Gasteiger partial charge on any atom is 0.243 e.